The molecule has 0 unspecified atom stereocenters. The second-order valence-electron chi connectivity index (χ2n) is 5.51. The average molecular weight is 381 g/mol. The molecule has 25 heavy (non-hydrogen) atoms. The number of carbonyl (C=O) groups is 1. The summed E-state index contributed by atoms with van der Waals surface area (Å²) in [5, 5.41) is 0.868. The predicted octanol–water partition coefficient (Wildman–Crippen LogP) is 3.43. The Bertz CT molecular complexity index is 1140. The number of aromatic amines is 1. The smallest absolute Gasteiger partial charge is 0.338 e. The van der Waals surface area contributed by atoms with E-state index in [-0.39, 0.29) is 22.8 Å². The third-order valence-electron chi connectivity index (χ3n) is 3.91. The maximum Gasteiger partial charge on any atom is 0.338 e. The van der Waals surface area contributed by atoms with Gasteiger partial charge in [0.1, 0.15) is 17.3 Å². The Balaban J connectivity index is 1.77. The summed E-state index contributed by atoms with van der Waals surface area (Å²) in [6.07, 6.45) is 1.29. The summed E-state index contributed by atoms with van der Waals surface area (Å²) in [7, 11) is -4.08. The van der Waals surface area contributed by atoms with Crippen LogP contribution in [0.25, 0.3) is 10.9 Å². The Labute approximate surface area is 146 Å². The lowest BCUT2D eigenvalue weighted by molar-refractivity contribution is 0.0535. The standard InChI is InChI=1S/C16H10ClFN2O4S/c17-9-1-2-10-13(4-9)19-6-15(10)25(22,23)20-14-5-11-8(3-12(14)18)7-24-16(11)21/h1-6,19-20H,7H2. The topological polar surface area (TPSA) is 88.3 Å². The highest BCUT2D eigenvalue weighted by molar-refractivity contribution is 7.93. The zero-order chi connectivity index (χ0) is 17.8. The average Bonchev–Trinajstić information content (AvgIpc) is 3.12. The minimum absolute atomic E-state index is 0.0265. The van der Waals surface area contributed by atoms with Gasteiger partial charge < -0.3 is 9.72 Å². The van der Waals surface area contributed by atoms with E-state index < -0.39 is 21.8 Å². The van der Waals surface area contributed by atoms with Gasteiger partial charge in [0, 0.05) is 27.7 Å². The number of cyclic esters (lactones) is 1. The number of halogens is 2. The van der Waals surface area contributed by atoms with Crippen LogP contribution in [0.4, 0.5) is 10.1 Å². The van der Waals surface area contributed by atoms with Gasteiger partial charge in [0.2, 0.25) is 0 Å². The Morgan fingerprint density at radius 1 is 1.24 bits per heavy atom. The van der Waals surface area contributed by atoms with Crippen molar-refractivity contribution in [2.45, 2.75) is 11.5 Å². The van der Waals surface area contributed by atoms with Crippen LogP contribution in [0.5, 0.6) is 0 Å². The van der Waals surface area contributed by atoms with Gasteiger partial charge in [-0.15, -0.1) is 0 Å². The molecule has 1 aromatic heterocycles. The van der Waals surface area contributed by atoms with Crippen LogP contribution in [-0.2, 0) is 21.4 Å². The van der Waals surface area contributed by atoms with Crippen molar-refractivity contribution in [2.24, 2.45) is 0 Å². The molecule has 128 valence electrons. The molecule has 0 saturated carbocycles. The molecule has 4 rings (SSSR count). The van der Waals surface area contributed by atoms with E-state index in [0.29, 0.717) is 21.5 Å². The van der Waals surface area contributed by atoms with Gasteiger partial charge in [0.05, 0.1) is 11.3 Å². The molecule has 0 amide bonds. The van der Waals surface area contributed by atoms with Crippen molar-refractivity contribution in [3.8, 4) is 0 Å². The molecule has 1 aliphatic heterocycles. The van der Waals surface area contributed by atoms with Crippen LogP contribution in [0, 0.1) is 5.82 Å². The van der Waals surface area contributed by atoms with Gasteiger partial charge in [-0.25, -0.2) is 17.6 Å². The Morgan fingerprint density at radius 3 is 2.84 bits per heavy atom. The van der Waals surface area contributed by atoms with Gasteiger partial charge in [0.25, 0.3) is 10.0 Å². The largest absolute Gasteiger partial charge is 0.457 e. The summed E-state index contributed by atoms with van der Waals surface area (Å²) in [5.74, 6) is -1.40. The molecule has 3 aromatic rings. The number of hydrogen-bond donors (Lipinski definition) is 2. The number of ether oxygens (including phenoxy) is 1. The Morgan fingerprint density at radius 2 is 2.04 bits per heavy atom. The van der Waals surface area contributed by atoms with Crippen molar-refractivity contribution in [3.63, 3.8) is 0 Å². The van der Waals surface area contributed by atoms with E-state index in [0.717, 1.165) is 12.1 Å². The van der Waals surface area contributed by atoms with Gasteiger partial charge in [-0.3, -0.25) is 4.72 Å². The molecule has 2 N–H and O–H groups in total. The molecule has 2 heterocycles. The summed E-state index contributed by atoms with van der Waals surface area (Å²) in [4.78, 5) is 14.3. The normalized spacial score (nSPS) is 13.8. The van der Waals surface area contributed by atoms with Crippen molar-refractivity contribution in [2.75, 3.05) is 4.72 Å². The van der Waals surface area contributed by atoms with Crippen molar-refractivity contribution in [1.29, 1.82) is 0 Å². The Kier molecular flexibility index (Phi) is 3.48. The molecular formula is C16H10ClFN2O4S. The Hall–Kier alpha value is -2.58. The maximum atomic E-state index is 14.2. The number of carbonyl (C=O) groups excluding carboxylic acids is 1. The lowest BCUT2D eigenvalue weighted by atomic mass is 10.1. The fraction of sp³-hybridized carbons (Fsp3) is 0.0625. The predicted molar refractivity (Wildman–Crippen MR) is 89.6 cm³/mol. The van der Waals surface area contributed by atoms with Crippen molar-refractivity contribution in [3.05, 3.63) is 58.5 Å². The molecule has 0 bridgehead atoms. The highest BCUT2D eigenvalue weighted by Gasteiger charge is 2.26. The molecule has 0 radical (unpaired) electrons. The first-order valence-electron chi connectivity index (χ1n) is 7.14. The number of esters is 1. The SMILES string of the molecule is O=C1OCc2cc(F)c(NS(=O)(=O)c3c[nH]c4cc(Cl)ccc34)cc21. The van der Waals surface area contributed by atoms with E-state index in [1.54, 1.807) is 18.2 Å². The van der Waals surface area contributed by atoms with Gasteiger partial charge in [-0.2, -0.15) is 0 Å². The molecule has 0 saturated heterocycles. The number of anilines is 1. The number of sulfonamides is 1. The summed E-state index contributed by atoms with van der Waals surface area (Å²) in [6.45, 7) is -0.0265. The van der Waals surface area contributed by atoms with Crippen LogP contribution in [0.2, 0.25) is 5.02 Å². The molecule has 0 aliphatic carbocycles. The first kappa shape index (κ1) is 15.9. The molecular weight excluding hydrogens is 371 g/mol. The number of hydrogen-bond acceptors (Lipinski definition) is 4. The first-order valence-corrected chi connectivity index (χ1v) is 9.00. The van der Waals surface area contributed by atoms with E-state index in [4.69, 9.17) is 16.3 Å². The van der Waals surface area contributed by atoms with E-state index in [2.05, 4.69) is 9.71 Å². The summed E-state index contributed by atoms with van der Waals surface area (Å²) in [6, 6.07) is 6.93. The van der Waals surface area contributed by atoms with E-state index >= 15 is 0 Å². The third-order valence-corrected chi connectivity index (χ3v) is 5.55. The molecule has 2 aromatic carbocycles. The minimum atomic E-state index is -4.08. The highest BCUT2D eigenvalue weighted by atomic mass is 35.5. The minimum Gasteiger partial charge on any atom is -0.457 e. The van der Waals surface area contributed by atoms with Gasteiger partial charge in [0.15, 0.2) is 0 Å². The molecule has 0 atom stereocenters. The molecule has 6 nitrogen and oxygen atoms in total. The second kappa shape index (κ2) is 5.47. The number of fused-ring (bicyclic) bond motifs is 2. The number of aromatic nitrogens is 1. The van der Waals surface area contributed by atoms with Gasteiger partial charge in [-0.1, -0.05) is 11.6 Å². The molecule has 1 aliphatic rings. The summed E-state index contributed by atoms with van der Waals surface area (Å²) >= 11 is 5.88. The third kappa shape index (κ3) is 2.63. The lowest BCUT2D eigenvalue weighted by Crippen LogP contribution is -2.14. The van der Waals surface area contributed by atoms with Crippen molar-refractivity contribution < 1.29 is 22.3 Å². The van der Waals surface area contributed by atoms with Crippen LogP contribution in [0.3, 0.4) is 0 Å². The maximum absolute atomic E-state index is 14.2. The zero-order valence-electron chi connectivity index (χ0n) is 12.5. The molecule has 9 heteroatoms. The van der Waals surface area contributed by atoms with Crippen LogP contribution < -0.4 is 4.72 Å². The first-order chi connectivity index (χ1) is 11.8. The highest BCUT2D eigenvalue weighted by Crippen LogP contribution is 2.30. The van der Waals surface area contributed by atoms with Gasteiger partial charge >= 0.3 is 5.97 Å². The number of benzene rings is 2. The van der Waals surface area contributed by atoms with Crippen LogP contribution in [0.1, 0.15) is 15.9 Å². The van der Waals surface area contributed by atoms with Crippen LogP contribution >= 0.6 is 11.6 Å². The molecule has 0 fully saturated rings. The summed E-state index contributed by atoms with van der Waals surface area (Å²) < 4.78 is 46.5. The monoisotopic (exact) mass is 380 g/mol. The number of H-pyrrole nitrogens is 1. The van der Waals surface area contributed by atoms with Crippen LogP contribution in [-0.4, -0.2) is 19.4 Å². The molecule has 0 spiro atoms. The van der Waals surface area contributed by atoms with Crippen LogP contribution in [0.15, 0.2) is 41.4 Å². The zero-order valence-corrected chi connectivity index (χ0v) is 14.0. The summed E-state index contributed by atoms with van der Waals surface area (Å²) in [5.41, 5.74) is 0.740. The number of nitrogens with one attached hydrogen (secondary N) is 2. The second-order valence-corrected chi connectivity index (χ2v) is 7.60. The van der Waals surface area contributed by atoms with E-state index in [1.165, 1.54) is 6.20 Å². The van der Waals surface area contributed by atoms with E-state index in [9.17, 15) is 17.6 Å². The fourth-order valence-corrected chi connectivity index (χ4v) is 4.13. The number of rotatable bonds is 3. The fourth-order valence-electron chi connectivity index (χ4n) is 2.72. The van der Waals surface area contributed by atoms with Gasteiger partial charge in [-0.05, 0) is 30.3 Å². The van der Waals surface area contributed by atoms with Crippen molar-refractivity contribution in [1.82, 2.24) is 4.98 Å². The lowest BCUT2D eigenvalue weighted by Gasteiger charge is -2.09. The van der Waals surface area contributed by atoms with Crippen molar-refractivity contribution >= 4 is 44.2 Å². The quantitative estimate of drug-likeness (QED) is 0.681. The van der Waals surface area contributed by atoms with E-state index in [1.807, 2.05) is 0 Å².